The van der Waals surface area contributed by atoms with Gasteiger partial charge in [-0.2, -0.15) is 0 Å². The van der Waals surface area contributed by atoms with Crippen molar-refractivity contribution in [2.45, 2.75) is 60.2 Å². The number of hydrogen-bond donors (Lipinski definition) is 0. The van der Waals surface area contributed by atoms with Gasteiger partial charge in [-0.05, 0) is 41.0 Å². The third-order valence-corrected chi connectivity index (χ3v) is 5.53. The Labute approximate surface area is 187 Å². The maximum atomic E-state index is 13.4. The van der Waals surface area contributed by atoms with Crippen molar-refractivity contribution in [3.63, 3.8) is 0 Å². The molecule has 0 aliphatic carbocycles. The molecule has 1 atom stereocenters. The molecule has 0 spiro atoms. The summed E-state index contributed by atoms with van der Waals surface area (Å²) in [5.74, 6) is 0.593. The normalized spacial score (nSPS) is 12.5. The van der Waals surface area contributed by atoms with E-state index in [0.717, 1.165) is 18.7 Å². The lowest BCUT2D eigenvalue weighted by atomic mass is 9.84. The molecule has 31 heavy (non-hydrogen) atoms. The van der Waals surface area contributed by atoms with Crippen LogP contribution < -0.4 is 0 Å². The monoisotopic (exact) mass is 416 g/mol. The van der Waals surface area contributed by atoms with Crippen LogP contribution in [0, 0.1) is 11.3 Å². The summed E-state index contributed by atoms with van der Waals surface area (Å²) in [6.07, 6.45) is 3.74. The standard InChI is InChI=1S/C28H36N2O/c1-23(19-28(2,3)4)18-27(31)30(21-25-14-9-6-10-15-25)22-26-16-11-17-29(26)20-24-12-7-5-8-13-24/h5-17,23H,18-22H2,1-4H3/t23-/m0/s1. The summed E-state index contributed by atoms with van der Waals surface area (Å²) in [6.45, 7) is 11.0. The van der Waals surface area contributed by atoms with Crippen LogP contribution in [0.15, 0.2) is 79.0 Å². The van der Waals surface area contributed by atoms with Crippen molar-refractivity contribution in [2.75, 3.05) is 0 Å². The predicted molar refractivity (Wildman–Crippen MR) is 129 cm³/mol. The Morgan fingerprint density at radius 2 is 1.48 bits per heavy atom. The summed E-state index contributed by atoms with van der Waals surface area (Å²) in [5.41, 5.74) is 3.82. The highest BCUT2D eigenvalue weighted by molar-refractivity contribution is 5.76. The summed E-state index contributed by atoms with van der Waals surface area (Å²) in [4.78, 5) is 15.4. The minimum Gasteiger partial charge on any atom is -0.345 e. The zero-order valence-electron chi connectivity index (χ0n) is 19.4. The van der Waals surface area contributed by atoms with Crippen molar-refractivity contribution in [3.05, 3.63) is 95.8 Å². The van der Waals surface area contributed by atoms with Gasteiger partial charge in [0.05, 0.1) is 6.54 Å². The van der Waals surface area contributed by atoms with Gasteiger partial charge in [0.15, 0.2) is 0 Å². The van der Waals surface area contributed by atoms with Crippen molar-refractivity contribution >= 4 is 5.91 Å². The molecule has 0 unspecified atom stereocenters. The van der Waals surface area contributed by atoms with Crippen molar-refractivity contribution < 1.29 is 4.79 Å². The van der Waals surface area contributed by atoms with Crippen LogP contribution in [0.3, 0.4) is 0 Å². The first kappa shape index (κ1) is 22.9. The van der Waals surface area contributed by atoms with E-state index in [1.807, 2.05) is 29.2 Å². The lowest BCUT2D eigenvalue weighted by molar-refractivity contribution is -0.133. The Bertz CT molecular complexity index is 938. The molecule has 3 rings (SSSR count). The van der Waals surface area contributed by atoms with E-state index >= 15 is 0 Å². The van der Waals surface area contributed by atoms with Gasteiger partial charge in [0, 0.05) is 31.4 Å². The highest BCUT2D eigenvalue weighted by atomic mass is 16.2. The van der Waals surface area contributed by atoms with Gasteiger partial charge in [0.1, 0.15) is 0 Å². The number of hydrogen-bond acceptors (Lipinski definition) is 1. The first-order valence-corrected chi connectivity index (χ1v) is 11.3. The lowest BCUT2D eigenvalue weighted by Gasteiger charge is -2.27. The number of carbonyl (C=O) groups is 1. The van der Waals surface area contributed by atoms with E-state index in [9.17, 15) is 4.79 Å². The molecular weight excluding hydrogens is 380 g/mol. The molecule has 1 amide bonds. The second kappa shape index (κ2) is 10.5. The third-order valence-electron chi connectivity index (χ3n) is 5.53. The molecule has 2 aromatic carbocycles. The topological polar surface area (TPSA) is 25.2 Å². The van der Waals surface area contributed by atoms with E-state index < -0.39 is 0 Å². The quantitative estimate of drug-likeness (QED) is 0.389. The molecule has 0 radical (unpaired) electrons. The smallest absolute Gasteiger partial charge is 0.223 e. The second-order valence-corrected chi connectivity index (χ2v) is 9.92. The van der Waals surface area contributed by atoms with Gasteiger partial charge < -0.3 is 9.47 Å². The van der Waals surface area contributed by atoms with Crippen LogP contribution >= 0.6 is 0 Å². The number of carbonyl (C=O) groups excluding carboxylic acids is 1. The van der Waals surface area contributed by atoms with Crippen molar-refractivity contribution in [3.8, 4) is 0 Å². The molecule has 3 heteroatoms. The van der Waals surface area contributed by atoms with Crippen LogP contribution in [0.5, 0.6) is 0 Å². The molecule has 0 fully saturated rings. The van der Waals surface area contributed by atoms with E-state index in [-0.39, 0.29) is 11.3 Å². The van der Waals surface area contributed by atoms with Crippen LogP contribution in [-0.4, -0.2) is 15.4 Å². The maximum Gasteiger partial charge on any atom is 0.223 e. The number of benzene rings is 2. The van der Waals surface area contributed by atoms with Crippen LogP contribution in [0.25, 0.3) is 0 Å². The highest BCUT2D eigenvalue weighted by Crippen LogP contribution is 2.27. The summed E-state index contributed by atoms with van der Waals surface area (Å²) >= 11 is 0. The average molecular weight is 417 g/mol. The fourth-order valence-corrected chi connectivity index (χ4v) is 4.30. The Balaban J connectivity index is 1.76. The Morgan fingerprint density at radius 3 is 2.10 bits per heavy atom. The fraction of sp³-hybridized carbons (Fsp3) is 0.393. The SMILES string of the molecule is C[C@@H](CC(=O)N(Cc1ccccc1)Cc1cccn1Cc1ccccc1)CC(C)(C)C. The van der Waals surface area contributed by atoms with Gasteiger partial charge in [0.25, 0.3) is 0 Å². The van der Waals surface area contributed by atoms with Crippen LogP contribution in [0.4, 0.5) is 0 Å². The van der Waals surface area contributed by atoms with Gasteiger partial charge >= 0.3 is 0 Å². The Morgan fingerprint density at radius 1 is 0.871 bits per heavy atom. The van der Waals surface area contributed by atoms with Gasteiger partial charge in [-0.25, -0.2) is 0 Å². The van der Waals surface area contributed by atoms with Crippen molar-refractivity contribution in [1.29, 1.82) is 0 Å². The zero-order valence-corrected chi connectivity index (χ0v) is 19.4. The largest absolute Gasteiger partial charge is 0.345 e. The molecule has 164 valence electrons. The summed E-state index contributed by atoms with van der Waals surface area (Å²) in [5, 5.41) is 0. The number of aromatic nitrogens is 1. The maximum absolute atomic E-state index is 13.4. The average Bonchev–Trinajstić information content (AvgIpc) is 3.14. The highest BCUT2D eigenvalue weighted by Gasteiger charge is 2.22. The first-order chi connectivity index (χ1) is 14.8. The van der Waals surface area contributed by atoms with Crippen molar-refractivity contribution in [2.24, 2.45) is 11.3 Å². The number of amides is 1. The minimum atomic E-state index is 0.230. The fourth-order valence-electron chi connectivity index (χ4n) is 4.30. The molecule has 0 N–H and O–H groups in total. The van der Waals surface area contributed by atoms with E-state index in [1.165, 1.54) is 11.1 Å². The van der Waals surface area contributed by atoms with Gasteiger partial charge in [-0.15, -0.1) is 0 Å². The summed E-state index contributed by atoms with van der Waals surface area (Å²) < 4.78 is 2.25. The first-order valence-electron chi connectivity index (χ1n) is 11.3. The van der Waals surface area contributed by atoms with Crippen molar-refractivity contribution in [1.82, 2.24) is 9.47 Å². The molecule has 3 aromatic rings. The molecule has 0 bridgehead atoms. The Kier molecular flexibility index (Phi) is 7.73. The molecule has 0 aliphatic rings. The molecule has 0 aliphatic heterocycles. The van der Waals surface area contributed by atoms with Crippen LogP contribution in [-0.2, 0) is 24.4 Å². The van der Waals surface area contributed by atoms with Gasteiger partial charge in [0.2, 0.25) is 5.91 Å². The third kappa shape index (κ3) is 7.43. The van der Waals surface area contributed by atoms with E-state index in [2.05, 4.69) is 87.0 Å². The molecule has 1 aromatic heterocycles. The van der Waals surface area contributed by atoms with Gasteiger partial charge in [-0.3, -0.25) is 4.79 Å². The molecule has 1 heterocycles. The van der Waals surface area contributed by atoms with E-state index in [1.54, 1.807) is 0 Å². The number of rotatable bonds is 9. The van der Waals surface area contributed by atoms with E-state index in [4.69, 9.17) is 0 Å². The lowest BCUT2D eigenvalue weighted by Crippen LogP contribution is -2.32. The predicted octanol–water partition coefficient (Wildman–Crippen LogP) is 6.53. The summed E-state index contributed by atoms with van der Waals surface area (Å²) in [6, 6.07) is 25.0. The Hall–Kier alpha value is -2.81. The second-order valence-electron chi connectivity index (χ2n) is 9.92. The molecule has 0 saturated carbocycles. The zero-order chi connectivity index (χ0) is 22.3. The van der Waals surface area contributed by atoms with Crippen LogP contribution in [0.2, 0.25) is 0 Å². The van der Waals surface area contributed by atoms with E-state index in [0.29, 0.717) is 25.4 Å². The minimum absolute atomic E-state index is 0.230. The molecule has 3 nitrogen and oxygen atoms in total. The van der Waals surface area contributed by atoms with Crippen LogP contribution in [0.1, 0.15) is 57.4 Å². The molecule has 0 saturated heterocycles. The summed E-state index contributed by atoms with van der Waals surface area (Å²) in [7, 11) is 0. The number of nitrogens with zero attached hydrogens (tertiary/aromatic N) is 2. The van der Waals surface area contributed by atoms with Gasteiger partial charge in [-0.1, -0.05) is 88.4 Å². The molecular formula is C28H36N2O.